The van der Waals surface area contributed by atoms with Crippen molar-refractivity contribution in [3.05, 3.63) is 33.3 Å². The van der Waals surface area contributed by atoms with Gasteiger partial charge in [0.05, 0.1) is 17.0 Å². The van der Waals surface area contributed by atoms with Crippen LogP contribution >= 0.6 is 27.5 Å². The Morgan fingerprint density at radius 1 is 1.56 bits per heavy atom. The smallest absolute Gasteiger partial charge is 0.306 e. The van der Waals surface area contributed by atoms with Crippen LogP contribution in [0.1, 0.15) is 25.0 Å². The van der Waals surface area contributed by atoms with E-state index in [-0.39, 0.29) is 6.42 Å². The van der Waals surface area contributed by atoms with Crippen molar-refractivity contribution >= 4 is 33.5 Å². The number of aliphatic hydroxyl groups is 1. The summed E-state index contributed by atoms with van der Waals surface area (Å²) in [5.41, 5.74) is 0.657. The molecule has 88 valence electrons. The molecule has 3 nitrogen and oxygen atoms in total. The molecule has 1 rings (SSSR count). The number of aliphatic hydroxyl groups excluding tert-OH is 1. The molecule has 0 aliphatic heterocycles. The minimum absolute atomic E-state index is 0.184. The SMILES string of the molecule is CC(CC(O)c1ccc(Cl)c(Br)c1)C(=O)O. The molecule has 0 amide bonds. The zero-order valence-corrected chi connectivity index (χ0v) is 11.0. The van der Waals surface area contributed by atoms with Crippen LogP contribution < -0.4 is 0 Å². The number of rotatable bonds is 4. The molecule has 16 heavy (non-hydrogen) atoms. The monoisotopic (exact) mass is 306 g/mol. The molecule has 0 radical (unpaired) electrons. The van der Waals surface area contributed by atoms with Gasteiger partial charge in [0.25, 0.3) is 0 Å². The lowest BCUT2D eigenvalue weighted by Gasteiger charge is -2.14. The Morgan fingerprint density at radius 3 is 2.69 bits per heavy atom. The van der Waals surface area contributed by atoms with E-state index in [0.717, 1.165) is 0 Å². The van der Waals surface area contributed by atoms with E-state index in [1.807, 2.05) is 0 Å². The molecule has 1 aromatic rings. The highest BCUT2D eigenvalue weighted by atomic mass is 79.9. The zero-order chi connectivity index (χ0) is 12.3. The van der Waals surface area contributed by atoms with Crippen LogP contribution in [0.15, 0.2) is 22.7 Å². The average molecular weight is 308 g/mol. The second-order valence-corrected chi connectivity index (χ2v) is 4.93. The first-order valence-corrected chi connectivity index (χ1v) is 5.94. The van der Waals surface area contributed by atoms with E-state index in [1.165, 1.54) is 0 Å². The maximum atomic E-state index is 10.6. The van der Waals surface area contributed by atoms with Crippen LogP contribution in [0.3, 0.4) is 0 Å². The van der Waals surface area contributed by atoms with Gasteiger partial charge in [-0.05, 0) is 40.0 Å². The van der Waals surface area contributed by atoms with Crippen molar-refractivity contribution in [2.45, 2.75) is 19.4 Å². The number of aliphatic carboxylic acids is 1. The first-order valence-electron chi connectivity index (χ1n) is 4.77. The highest BCUT2D eigenvalue weighted by molar-refractivity contribution is 9.10. The molecule has 0 aliphatic rings. The lowest BCUT2D eigenvalue weighted by molar-refractivity contribution is -0.142. The molecule has 0 aromatic heterocycles. The first kappa shape index (κ1) is 13.5. The fraction of sp³-hybridized carbons (Fsp3) is 0.364. The van der Waals surface area contributed by atoms with Crippen LogP contribution in [0.4, 0.5) is 0 Å². The van der Waals surface area contributed by atoms with E-state index in [4.69, 9.17) is 16.7 Å². The summed E-state index contributed by atoms with van der Waals surface area (Å²) in [6, 6.07) is 5.05. The van der Waals surface area contributed by atoms with Crippen LogP contribution in [0.2, 0.25) is 5.02 Å². The van der Waals surface area contributed by atoms with Crippen molar-refractivity contribution in [2.75, 3.05) is 0 Å². The normalized spacial score (nSPS) is 14.5. The fourth-order valence-electron chi connectivity index (χ4n) is 1.29. The maximum absolute atomic E-state index is 10.6. The largest absolute Gasteiger partial charge is 0.481 e. The molecule has 0 saturated heterocycles. The zero-order valence-electron chi connectivity index (χ0n) is 8.65. The molecule has 0 bridgehead atoms. The lowest BCUT2D eigenvalue weighted by Crippen LogP contribution is -2.13. The molecule has 5 heteroatoms. The number of hydrogen-bond acceptors (Lipinski definition) is 2. The molecule has 0 fully saturated rings. The van der Waals surface area contributed by atoms with Gasteiger partial charge < -0.3 is 10.2 Å². The van der Waals surface area contributed by atoms with Crippen molar-refractivity contribution in [2.24, 2.45) is 5.92 Å². The second kappa shape index (κ2) is 5.66. The standard InChI is InChI=1S/C11H12BrClO3/c1-6(11(15)16)4-10(14)7-2-3-9(13)8(12)5-7/h2-3,5-6,10,14H,4H2,1H3,(H,15,16). The van der Waals surface area contributed by atoms with Crippen molar-refractivity contribution in [3.8, 4) is 0 Å². The summed E-state index contributed by atoms with van der Waals surface area (Å²) in [6.45, 7) is 1.57. The van der Waals surface area contributed by atoms with Gasteiger partial charge in [-0.25, -0.2) is 0 Å². The summed E-state index contributed by atoms with van der Waals surface area (Å²) in [6.07, 6.45) is -0.608. The number of benzene rings is 1. The van der Waals surface area contributed by atoms with Gasteiger partial charge in [-0.1, -0.05) is 24.6 Å². The van der Waals surface area contributed by atoms with E-state index in [9.17, 15) is 9.90 Å². The van der Waals surface area contributed by atoms with Gasteiger partial charge in [-0.3, -0.25) is 4.79 Å². The van der Waals surface area contributed by atoms with Crippen LogP contribution in [0.5, 0.6) is 0 Å². The molecular formula is C11H12BrClO3. The number of carboxylic acids is 1. The summed E-state index contributed by atoms with van der Waals surface area (Å²) >= 11 is 9.07. The molecule has 2 unspecified atom stereocenters. The number of carbonyl (C=O) groups is 1. The van der Waals surface area contributed by atoms with Gasteiger partial charge in [0.1, 0.15) is 0 Å². The van der Waals surface area contributed by atoms with Gasteiger partial charge in [0.2, 0.25) is 0 Å². The van der Waals surface area contributed by atoms with E-state index < -0.39 is 18.0 Å². The number of hydrogen-bond donors (Lipinski definition) is 2. The molecule has 2 atom stereocenters. The molecule has 1 aromatic carbocycles. The Hall–Kier alpha value is -0.580. The predicted octanol–water partition coefficient (Wildman–Crippen LogP) is 3.25. The van der Waals surface area contributed by atoms with E-state index in [2.05, 4.69) is 15.9 Å². The summed E-state index contributed by atoms with van der Waals surface area (Å²) in [7, 11) is 0. The second-order valence-electron chi connectivity index (χ2n) is 3.66. The summed E-state index contributed by atoms with van der Waals surface area (Å²) < 4.78 is 0.689. The number of carboxylic acid groups (broad SMARTS) is 1. The Bertz CT molecular complexity index is 395. The summed E-state index contributed by atoms with van der Waals surface area (Å²) in [5, 5.41) is 19.1. The first-order chi connectivity index (χ1) is 7.41. The van der Waals surface area contributed by atoms with Crippen molar-refractivity contribution in [1.29, 1.82) is 0 Å². The predicted molar refractivity (Wildman–Crippen MR) is 65.5 cm³/mol. The third kappa shape index (κ3) is 3.47. The van der Waals surface area contributed by atoms with E-state index >= 15 is 0 Å². The van der Waals surface area contributed by atoms with Crippen LogP contribution in [0, 0.1) is 5.92 Å². The molecular weight excluding hydrogens is 295 g/mol. The highest BCUT2D eigenvalue weighted by Gasteiger charge is 2.18. The van der Waals surface area contributed by atoms with Crippen LogP contribution in [-0.4, -0.2) is 16.2 Å². The third-order valence-corrected chi connectivity index (χ3v) is 3.54. The van der Waals surface area contributed by atoms with E-state index in [0.29, 0.717) is 15.1 Å². The third-order valence-electron chi connectivity index (χ3n) is 2.33. The lowest BCUT2D eigenvalue weighted by atomic mass is 9.98. The molecule has 0 spiro atoms. The minimum Gasteiger partial charge on any atom is -0.481 e. The van der Waals surface area contributed by atoms with Crippen LogP contribution in [-0.2, 0) is 4.79 Å². The molecule has 0 heterocycles. The quantitative estimate of drug-likeness (QED) is 0.898. The van der Waals surface area contributed by atoms with Crippen molar-refractivity contribution < 1.29 is 15.0 Å². The van der Waals surface area contributed by atoms with Gasteiger partial charge >= 0.3 is 5.97 Å². The van der Waals surface area contributed by atoms with Gasteiger partial charge in [0, 0.05) is 4.47 Å². The Kier molecular flexibility index (Phi) is 4.77. The summed E-state index contributed by atoms with van der Waals surface area (Å²) in [4.78, 5) is 10.6. The van der Waals surface area contributed by atoms with Crippen molar-refractivity contribution in [1.82, 2.24) is 0 Å². The topological polar surface area (TPSA) is 57.5 Å². The Labute approximate surface area is 107 Å². The van der Waals surface area contributed by atoms with Gasteiger partial charge in [-0.2, -0.15) is 0 Å². The average Bonchev–Trinajstić information content (AvgIpc) is 2.21. The highest BCUT2D eigenvalue weighted by Crippen LogP contribution is 2.28. The maximum Gasteiger partial charge on any atom is 0.306 e. The molecule has 0 saturated carbocycles. The minimum atomic E-state index is -0.910. The Balaban J connectivity index is 2.76. The van der Waals surface area contributed by atoms with Gasteiger partial charge in [-0.15, -0.1) is 0 Å². The van der Waals surface area contributed by atoms with Gasteiger partial charge in [0.15, 0.2) is 0 Å². The van der Waals surface area contributed by atoms with E-state index in [1.54, 1.807) is 25.1 Å². The summed E-state index contributed by atoms with van der Waals surface area (Å²) in [5.74, 6) is -1.49. The number of halogens is 2. The Morgan fingerprint density at radius 2 is 2.19 bits per heavy atom. The molecule has 0 aliphatic carbocycles. The van der Waals surface area contributed by atoms with Crippen molar-refractivity contribution in [3.63, 3.8) is 0 Å². The molecule has 2 N–H and O–H groups in total. The van der Waals surface area contributed by atoms with Crippen LogP contribution in [0.25, 0.3) is 0 Å². The fourth-order valence-corrected chi connectivity index (χ4v) is 1.81.